The molecule has 6 heteroatoms. The summed E-state index contributed by atoms with van der Waals surface area (Å²) in [5.74, 6) is -1.76. The van der Waals surface area contributed by atoms with Gasteiger partial charge < -0.3 is 14.6 Å². The SMILES string of the molecule is C=CCOc1ccc(C2CCC(OCc3ccc(-c4ccc(C(C)O)cc4)c(F)c3F)CC2)cc1F. The molecule has 190 valence electrons. The van der Waals surface area contributed by atoms with Gasteiger partial charge in [-0.1, -0.05) is 55.1 Å². The number of ether oxygens (including phenoxy) is 2. The molecule has 1 N–H and O–H groups in total. The average molecular weight is 497 g/mol. The van der Waals surface area contributed by atoms with E-state index < -0.39 is 17.7 Å². The van der Waals surface area contributed by atoms with Crippen LogP contribution in [0.1, 0.15) is 61.3 Å². The Morgan fingerprint density at radius 1 is 0.972 bits per heavy atom. The van der Waals surface area contributed by atoms with Crippen LogP contribution in [0, 0.1) is 17.5 Å². The third-order valence-corrected chi connectivity index (χ3v) is 6.80. The Labute approximate surface area is 210 Å². The van der Waals surface area contributed by atoms with Crippen LogP contribution < -0.4 is 4.74 Å². The molecule has 1 fully saturated rings. The Kier molecular flexibility index (Phi) is 8.49. The number of halogens is 3. The highest BCUT2D eigenvalue weighted by molar-refractivity contribution is 5.65. The van der Waals surface area contributed by atoms with Gasteiger partial charge in [-0.15, -0.1) is 0 Å². The molecule has 0 spiro atoms. The zero-order valence-corrected chi connectivity index (χ0v) is 20.4. The summed E-state index contributed by atoms with van der Waals surface area (Å²) in [5, 5.41) is 9.64. The van der Waals surface area contributed by atoms with Crippen molar-refractivity contribution in [2.24, 2.45) is 0 Å². The third-order valence-electron chi connectivity index (χ3n) is 6.80. The van der Waals surface area contributed by atoms with Gasteiger partial charge in [-0.05, 0) is 67.3 Å². The molecular formula is C30H31F3O3. The quantitative estimate of drug-likeness (QED) is 0.310. The van der Waals surface area contributed by atoms with Crippen LogP contribution in [0.15, 0.2) is 67.3 Å². The minimum Gasteiger partial charge on any atom is -0.486 e. The molecule has 3 aromatic carbocycles. The minimum atomic E-state index is -0.910. The van der Waals surface area contributed by atoms with Crippen molar-refractivity contribution in [3.8, 4) is 16.9 Å². The van der Waals surface area contributed by atoms with Crippen LogP contribution >= 0.6 is 0 Å². The highest BCUT2D eigenvalue weighted by Crippen LogP contribution is 2.36. The number of rotatable bonds is 9. The van der Waals surface area contributed by atoms with Gasteiger partial charge in [-0.2, -0.15) is 0 Å². The predicted molar refractivity (Wildman–Crippen MR) is 134 cm³/mol. The van der Waals surface area contributed by atoms with Crippen molar-refractivity contribution in [2.45, 2.75) is 57.3 Å². The summed E-state index contributed by atoms with van der Waals surface area (Å²) in [6.45, 7) is 5.45. The molecule has 0 aliphatic heterocycles. The van der Waals surface area contributed by atoms with Gasteiger partial charge in [-0.25, -0.2) is 13.2 Å². The van der Waals surface area contributed by atoms with Crippen LogP contribution in [-0.4, -0.2) is 17.8 Å². The number of aliphatic hydroxyl groups is 1. The van der Waals surface area contributed by atoms with Crippen LogP contribution in [0.2, 0.25) is 0 Å². The van der Waals surface area contributed by atoms with Crippen molar-refractivity contribution in [3.05, 3.63) is 101 Å². The van der Waals surface area contributed by atoms with E-state index in [1.165, 1.54) is 6.07 Å². The first kappa shape index (κ1) is 26.0. The maximum absolute atomic E-state index is 14.8. The molecule has 3 nitrogen and oxygen atoms in total. The fourth-order valence-corrected chi connectivity index (χ4v) is 4.67. The molecule has 0 aromatic heterocycles. The zero-order valence-electron chi connectivity index (χ0n) is 20.4. The van der Waals surface area contributed by atoms with Crippen molar-refractivity contribution >= 4 is 0 Å². The lowest BCUT2D eigenvalue weighted by Gasteiger charge is -2.29. The van der Waals surface area contributed by atoms with Crippen LogP contribution in [0.4, 0.5) is 13.2 Å². The predicted octanol–water partition coefficient (Wildman–Crippen LogP) is 7.63. The van der Waals surface area contributed by atoms with Crippen LogP contribution in [0.5, 0.6) is 5.75 Å². The highest BCUT2D eigenvalue weighted by atomic mass is 19.2. The number of hydrogen-bond donors (Lipinski definition) is 1. The Bertz CT molecular complexity index is 1180. The first-order valence-corrected chi connectivity index (χ1v) is 12.3. The van der Waals surface area contributed by atoms with Crippen LogP contribution in [0.25, 0.3) is 11.1 Å². The molecule has 0 saturated heterocycles. The van der Waals surface area contributed by atoms with E-state index in [0.717, 1.165) is 31.2 Å². The second-order valence-corrected chi connectivity index (χ2v) is 9.27. The molecule has 1 saturated carbocycles. The normalized spacial score (nSPS) is 18.6. The molecule has 1 atom stereocenters. The zero-order chi connectivity index (χ0) is 25.7. The maximum Gasteiger partial charge on any atom is 0.167 e. The van der Waals surface area contributed by atoms with Crippen LogP contribution in [-0.2, 0) is 11.3 Å². The lowest BCUT2D eigenvalue weighted by molar-refractivity contribution is 0.0119. The fraction of sp³-hybridized carbons (Fsp3) is 0.333. The van der Waals surface area contributed by atoms with E-state index >= 15 is 0 Å². The molecular weight excluding hydrogens is 465 g/mol. The van der Waals surface area contributed by atoms with Crippen molar-refractivity contribution in [1.82, 2.24) is 0 Å². The average Bonchev–Trinajstić information content (AvgIpc) is 2.89. The van der Waals surface area contributed by atoms with Gasteiger partial charge in [0.2, 0.25) is 0 Å². The summed E-state index contributed by atoms with van der Waals surface area (Å²) in [5.41, 5.74) is 2.53. The van der Waals surface area contributed by atoms with Gasteiger partial charge in [0.15, 0.2) is 23.2 Å². The molecule has 1 aliphatic rings. The first-order chi connectivity index (χ1) is 17.4. The molecule has 0 bridgehead atoms. The molecule has 1 aliphatic carbocycles. The summed E-state index contributed by atoms with van der Waals surface area (Å²) in [6.07, 6.45) is 4.07. The molecule has 0 heterocycles. The molecule has 1 unspecified atom stereocenters. The Morgan fingerprint density at radius 3 is 2.33 bits per heavy atom. The second kappa shape index (κ2) is 11.8. The van der Waals surface area contributed by atoms with Crippen molar-refractivity contribution in [3.63, 3.8) is 0 Å². The van der Waals surface area contributed by atoms with E-state index in [0.29, 0.717) is 11.1 Å². The van der Waals surface area contributed by atoms with E-state index in [1.54, 1.807) is 55.5 Å². The Hall–Kier alpha value is -3.09. The maximum atomic E-state index is 14.8. The second-order valence-electron chi connectivity index (χ2n) is 9.27. The third kappa shape index (κ3) is 6.00. The first-order valence-electron chi connectivity index (χ1n) is 12.3. The molecule has 4 rings (SSSR count). The standard InChI is InChI=1S/C30H31F3O3/c1-3-16-35-28-15-11-23(17-27(28)31)21-8-12-25(13-9-21)36-18-24-10-14-26(30(33)29(24)32)22-6-4-20(5-7-22)19(2)34/h3-7,10-11,14-15,17,19,21,25,34H,1,8-9,12-13,16,18H2,2H3. The molecule has 0 amide bonds. The largest absolute Gasteiger partial charge is 0.486 e. The van der Waals surface area contributed by atoms with E-state index in [9.17, 15) is 18.3 Å². The minimum absolute atomic E-state index is 0.0106. The number of benzene rings is 3. The van der Waals surface area contributed by atoms with Crippen molar-refractivity contribution in [1.29, 1.82) is 0 Å². The number of hydrogen-bond acceptors (Lipinski definition) is 3. The Balaban J connectivity index is 1.33. The smallest absolute Gasteiger partial charge is 0.167 e. The summed E-state index contributed by atoms with van der Waals surface area (Å²) in [7, 11) is 0. The van der Waals surface area contributed by atoms with Gasteiger partial charge in [-0.3, -0.25) is 0 Å². The van der Waals surface area contributed by atoms with Gasteiger partial charge >= 0.3 is 0 Å². The summed E-state index contributed by atoms with van der Waals surface area (Å²) in [4.78, 5) is 0. The number of aliphatic hydroxyl groups excluding tert-OH is 1. The van der Waals surface area contributed by atoms with E-state index in [-0.39, 0.29) is 47.9 Å². The molecule has 3 aromatic rings. The topological polar surface area (TPSA) is 38.7 Å². The fourth-order valence-electron chi connectivity index (χ4n) is 4.67. The van der Waals surface area contributed by atoms with Crippen LogP contribution in [0.3, 0.4) is 0 Å². The van der Waals surface area contributed by atoms with E-state index in [1.807, 2.05) is 6.07 Å². The van der Waals surface area contributed by atoms with Crippen molar-refractivity contribution in [2.75, 3.05) is 6.61 Å². The Morgan fingerprint density at radius 2 is 1.69 bits per heavy atom. The summed E-state index contributed by atoms with van der Waals surface area (Å²) in [6, 6.07) is 14.9. The van der Waals surface area contributed by atoms with E-state index in [2.05, 4.69) is 6.58 Å². The van der Waals surface area contributed by atoms with Gasteiger partial charge in [0.05, 0.1) is 18.8 Å². The molecule has 36 heavy (non-hydrogen) atoms. The van der Waals surface area contributed by atoms with Crippen molar-refractivity contribution < 1.29 is 27.8 Å². The van der Waals surface area contributed by atoms with Gasteiger partial charge in [0.25, 0.3) is 0 Å². The highest BCUT2D eigenvalue weighted by Gasteiger charge is 2.24. The molecule has 0 radical (unpaired) electrons. The summed E-state index contributed by atoms with van der Waals surface area (Å²) < 4.78 is 55.2. The van der Waals surface area contributed by atoms with Gasteiger partial charge in [0, 0.05) is 11.1 Å². The summed E-state index contributed by atoms with van der Waals surface area (Å²) >= 11 is 0. The lowest BCUT2D eigenvalue weighted by atomic mass is 9.82. The van der Waals surface area contributed by atoms with E-state index in [4.69, 9.17) is 9.47 Å². The lowest BCUT2D eigenvalue weighted by Crippen LogP contribution is -2.21. The van der Waals surface area contributed by atoms with Gasteiger partial charge in [0.1, 0.15) is 6.61 Å². The monoisotopic (exact) mass is 496 g/mol.